The van der Waals surface area contributed by atoms with Crippen LogP contribution in [0.15, 0.2) is 66.4 Å². The van der Waals surface area contributed by atoms with E-state index in [-0.39, 0.29) is 12.2 Å². The summed E-state index contributed by atoms with van der Waals surface area (Å²) in [6, 6.07) is 15.0. The summed E-state index contributed by atoms with van der Waals surface area (Å²) < 4.78 is 7.57. The van der Waals surface area contributed by atoms with Crippen molar-refractivity contribution in [2.45, 2.75) is 32.7 Å². The molecule has 0 bridgehead atoms. The molecule has 1 N–H and O–H groups in total. The Kier molecular flexibility index (Phi) is 7.82. The Morgan fingerprint density at radius 2 is 1.81 bits per heavy atom. The molecule has 0 aliphatic carbocycles. The molecule has 4 amide bonds. The molecule has 9 heteroatoms. The smallest absolute Gasteiger partial charge is 0.335 e. The van der Waals surface area contributed by atoms with Gasteiger partial charge in [-0.25, -0.2) is 9.69 Å². The first-order chi connectivity index (χ1) is 17.3. The SMILES string of the molecule is CCC(C)c1ccc(N2C(=O)NC(=O)/C(=C/c3cccn3CCOc3cc(Cl)ccc3Cl)C2=O)cc1. The molecular weight excluding hydrogens is 501 g/mol. The van der Waals surface area contributed by atoms with Gasteiger partial charge in [-0.3, -0.25) is 14.9 Å². The summed E-state index contributed by atoms with van der Waals surface area (Å²) >= 11 is 12.1. The number of nitrogens with zero attached hydrogens (tertiary/aromatic N) is 2. The highest BCUT2D eigenvalue weighted by molar-refractivity contribution is 6.39. The van der Waals surface area contributed by atoms with E-state index in [0.717, 1.165) is 16.9 Å². The predicted octanol–water partition coefficient (Wildman–Crippen LogP) is 6.05. The maximum atomic E-state index is 13.2. The van der Waals surface area contributed by atoms with Crippen LogP contribution in [0.4, 0.5) is 10.5 Å². The standard InChI is InChI=1S/C27H25Cl2N3O4/c1-3-17(2)18-6-9-20(10-7-18)32-26(34)22(25(33)30-27(32)35)16-21-5-4-12-31(21)13-14-36-24-15-19(28)8-11-23(24)29/h4-12,15-17H,3,13-14H2,1-2H3,(H,30,33,35)/b22-16-. The number of aromatic nitrogens is 1. The number of rotatable bonds is 8. The number of carbonyl (C=O) groups is 3. The van der Waals surface area contributed by atoms with Gasteiger partial charge in [-0.2, -0.15) is 0 Å². The fraction of sp³-hybridized carbons (Fsp3) is 0.222. The lowest BCUT2D eigenvalue weighted by atomic mass is 9.98. The van der Waals surface area contributed by atoms with Crippen molar-refractivity contribution < 1.29 is 19.1 Å². The van der Waals surface area contributed by atoms with Gasteiger partial charge < -0.3 is 9.30 Å². The van der Waals surface area contributed by atoms with Crippen LogP contribution in [0.5, 0.6) is 5.75 Å². The highest BCUT2D eigenvalue weighted by Gasteiger charge is 2.37. The number of halogens is 2. The number of hydrogen-bond acceptors (Lipinski definition) is 4. The molecule has 0 radical (unpaired) electrons. The third-order valence-electron chi connectivity index (χ3n) is 6.07. The average Bonchev–Trinajstić information content (AvgIpc) is 3.30. The van der Waals surface area contributed by atoms with Crippen LogP contribution in [-0.2, 0) is 16.1 Å². The van der Waals surface area contributed by atoms with Crippen LogP contribution in [0.2, 0.25) is 10.0 Å². The monoisotopic (exact) mass is 525 g/mol. The van der Waals surface area contributed by atoms with E-state index in [2.05, 4.69) is 19.2 Å². The molecule has 186 valence electrons. The molecule has 2 aromatic carbocycles. The third-order valence-corrected chi connectivity index (χ3v) is 6.62. The minimum atomic E-state index is -0.777. The minimum Gasteiger partial charge on any atom is -0.490 e. The van der Waals surface area contributed by atoms with Gasteiger partial charge in [-0.1, -0.05) is 49.2 Å². The van der Waals surface area contributed by atoms with Gasteiger partial charge in [-0.05, 0) is 60.4 Å². The van der Waals surface area contributed by atoms with Crippen molar-refractivity contribution in [1.29, 1.82) is 0 Å². The van der Waals surface area contributed by atoms with Crippen molar-refractivity contribution in [3.63, 3.8) is 0 Å². The van der Waals surface area contributed by atoms with E-state index in [4.69, 9.17) is 27.9 Å². The molecule has 1 atom stereocenters. The zero-order valence-electron chi connectivity index (χ0n) is 19.8. The fourth-order valence-electron chi connectivity index (χ4n) is 3.83. The topological polar surface area (TPSA) is 80.6 Å². The van der Waals surface area contributed by atoms with Crippen molar-refractivity contribution in [3.05, 3.63) is 87.7 Å². The Bertz CT molecular complexity index is 1330. The first-order valence-electron chi connectivity index (χ1n) is 11.5. The average molecular weight is 526 g/mol. The molecule has 1 aliphatic heterocycles. The van der Waals surface area contributed by atoms with Gasteiger partial charge >= 0.3 is 6.03 Å². The molecule has 2 heterocycles. The largest absolute Gasteiger partial charge is 0.490 e. The number of hydrogen-bond donors (Lipinski definition) is 1. The lowest BCUT2D eigenvalue weighted by Gasteiger charge is -2.26. The van der Waals surface area contributed by atoms with E-state index in [1.807, 2.05) is 16.7 Å². The normalized spacial score (nSPS) is 15.8. The Morgan fingerprint density at radius 3 is 2.53 bits per heavy atom. The number of urea groups is 1. The lowest BCUT2D eigenvalue weighted by Crippen LogP contribution is -2.54. The number of carbonyl (C=O) groups excluding carboxylic acids is 3. The van der Waals surface area contributed by atoms with Crippen molar-refractivity contribution in [2.24, 2.45) is 0 Å². The molecule has 4 rings (SSSR count). The number of imide groups is 2. The summed E-state index contributed by atoms with van der Waals surface area (Å²) in [6.45, 7) is 4.90. The minimum absolute atomic E-state index is 0.139. The lowest BCUT2D eigenvalue weighted by molar-refractivity contribution is -0.122. The zero-order valence-corrected chi connectivity index (χ0v) is 21.3. The highest BCUT2D eigenvalue weighted by Crippen LogP contribution is 2.28. The number of anilines is 1. The summed E-state index contributed by atoms with van der Waals surface area (Å²) in [6.07, 6.45) is 4.24. The quantitative estimate of drug-likeness (QED) is 0.286. The number of barbiturate groups is 1. The van der Waals surface area contributed by atoms with Gasteiger partial charge in [0.2, 0.25) is 0 Å². The highest BCUT2D eigenvalue weighted by atomic mass is 35.5. The Balaban J connectivity index is 1.52. The first kappa shape index (κ1) is 25.5. The zero-order chi connectivity index (χ0) is 25.8. The summed E-state index contributed by atoms with van der Waals surface area (Å²) in [5.41, 5.74) is 1.97. The van der Waals surface area contributed by atoms with E-state index in [9.17, 15) is 14.4 Å². The molecule has 1 fully saturated rings. The summed E-state index contributed by atoms with van der Waals surface area (Å²) in [5, 5.41) is 3.22. The number of ether oxygens (including phenoxy) is 1. The second kappa shape index (κ2) is 11.0. The van der Waals surface area contributed by atoms with Crippen molar-refractivity contribution in [1.82, 2.24) is 9.88 Å². The van der Waals surface area contributed by atoms with E-state index in [1.54, 1.807) is 48.7 Å². The summed E-state index contributed by atoms with van der Waals surface area (Å²) in [4.78, 5) is 39.3. The number of amides is 4. The van der Waals surface area contributed by atoms with E-state index in [0.29, 0.717) is 39.6 Å². The van der Waals surface area contributed by atoms with Crippen molar-refractivity contribution in [2.75, 3.05) is 11.5 Å². The van der Waals surface area contributed by atoms with E-state index >= 15 is 0 Å². The van der Waals surface area contributed by atoms with Crippen LogP contribution in [0.1, 0.15) is 37.4 Å². The Labute approximate surface area is 219 Å². The molecule has 0 spiro atoms. The Morgan fingerprint density at radius 1 is 1.06 bits per heavy atom. The van der Waals surface area contributed by atoms with Gasteiger partial charge in [0.05, 0.1) is 17.3 Å². The number of benzene rings is 2. The molecule has 1 aromatic heterocycles. The van der Waals surface area contributed by atoms with Gasteiger partial charge in [0.1, 0.15) is 17.9 Å². The molecule has 1 unspecified atom stereocenters. The van der Waals surface area contributed by atoms with Gasteiger partial charge in [0.15, 0.2) is 0 Å². The molecule has 1 aliphatic rings. The third kappa shape index (κ3) is 5.48. The molecular formula is C27H25Cl2N3O4. The first-order valence-corrected chi connectivity index (χ1v) is 12.3. The van der Waals surface area contributed by atoms with Crippen molar-refractivity contribution >= 4 is 52.8 Å². The summed E-state index contributed by atoms with van der Waals surface area (Å²) in [5.74, 6) is -0.609. The predicted molar refractivity (Wildman–Crippen MR) is 141 cm³/mol. The fourth-order valence-corrected chi connectivity index (χ4v) is 4.17. The number of nitrogens with one attached hydrogen (secondary N) is 1. The maximum absolute atomic E-state index is 13.2. The Hall–Kier alpha value is -3.55. The molecule has 7 nitrogen and oxygen atoms in total. The summed E-state index contributed by atoms with van der Waals surface area (Å²) in [7, 11) is 0. The van der Waals surface area contributed by atoms with E-state index < -0.39 is 17.8 Å². The molecule has 36 heavy (non-hydrogen) atoms. The van der Waals surface area contributed by atoms with E-state index in [1.165, 1.54) is 6.08 Å². The van der Waals surface area contributed by atoms with Gasteiger partial charge in [0.25, 0.3) is 11.8 Å². The molecule has 0 saturated carbocycles. The molecule has 3 aromatic rings. The van der Waals surface area contributed by atoms with Crippen LogP contribution in [-0.4, -0.2) is 29.0 Å². The second-order valence-corrected chi connectivity index (χ2v) is 9.25. The van der Waals surface area contributed by atoms with Crippen molar-refractivity contribution in [3.8, 4) is 5.75 Å². The molecule has 1 saturated heterocycles. The van der Waals surface area contributed by atoms with Crippen LogP contribution in [0.3, 0.4) is 0 Å². The maximum Gasteiger partial charge on any atom is 0.335 e. The van der Waals surface area contributed by atoms with Crippen LogP contribution < -0.4 is 15.0 Å². The second-order valence-electron chi connectivity index (χ2n) is 8.41. The van der Waals surface area contributed by atoms with Crippen LogP contribution in [0.25, 0.3) is 6.08 Å². The van der Waals surface area contributed by atoms with Crippen LogP contribution in [0, 0.1) is 0 Å². The van der Waals surface area contributed by atoms with Gasteiger partial charge in [-0.15, -0.1) is 0 Å². The van der Waals surface area contributed by atoms with Crippen LogP contribution >= 0.6 is 23.2 Å². The van der Waals surface area contributed by atoms with Gasteiger partial charge in [0, 0.05) is 23.0 Å².